The zero-order valence-corrected chi connectivity index (χ0v) is 8.84. The first-order valence-electron chi connectivity index (χ1n) is 3.82. The molecule has 0 rings (SSSR count). The third-order valence-electron chi connectivity index (χ3n) is 0. The van der Waals surface area contributed by atoms with Gasteiger partial charge in [0.2, 0.25) is 0 Å². The molecule has 74 valence electrons. The minimum absolute atomic E-state index is 0.167. The van der Waals surface area contributed by atoms with Crippen molar-refractivity contribution in [1.29, 1.82) is 0 Å². The minimum atomic E-state index is -0.167. The zero-order valence-electron chi connectivity index (χ0n) is 8.84. The normalized spacial score (nSPS) is 7.33. The summed E-state index contributed by atoms with van der Waals surface area (Å²) >= 11 is 0. The second-order valence-corrected chi connectivity index (χ2v) is 2.91. The fourth-order valence-electron chi connectivity index (χ4n) is 0. The Balaban J connectivity index is -0.000000101. The maximum atomic E-state index is 9.44. The standard InChI is InChI=1S/C3H8O.2C3H6O/c3*1-3(2)4/h3-4H,1-2H3;2*1-2H3. The molecule has 1 N–H and O–H groups in total. The number of ketones is 2. The van der Waals surface area contributed by atoms with Crippen molar-refractivity contribution in [3.8, 4) is 0 Å². The molecule has 0 saturated heterocycles. The van der Waals surface area contributed by atoms with Gasteiger partial charge in [0.05, 0.1) is 0 Å². The van der Waals surface area contributed by atoms with Gasteiger partial charge in [-0.25, -0.2) is 0 Å². The van der Waals surface area contributed by atoms with Crippen molar-refractivity contribution in [2.24, 2.45) is 0 Å². The van der Waals surface area contributed by atoms with Crippen LogP contribution in [0.5, 0.6) is 0 Å². The lowest BCUT2D eigenvalue weighted by Crippen LogP contribution is -1.85. The molecular weight excluding hydrogens is 156 g/mol. The van der Waals surface area contributed by atoms with Crippen LogP contribution in [-0.4, -0.2) is 22.8 Å². The maximum absolute atomic E-state index is 9.44. The van der Waals surface area contributed by atoms with Gasteiger partial charge in [0.25, 0.3) is 0 Å². The Morgan fingerprint density at radius 2 is 0.917 bits per heavy atom. The van der Waals surface area contributed by atoms with Crippen molar-refractivity contribution in [3.63, 3.8) is 0 Å². The summed E-state index contributed by atoms with van der Waals surface area (Å²) in [4.78, 5) is 18.9. The molecule has 0 heterocycles. The number of carbonyl (C=O) groups is 2. The number of hydrogen-bond acceptors (Lipinski definition) is 3. The molecule has 0 unspecified atom stereocenters. The van der Waals surface area contributed by atoms with E-state index in [4.69, 9.17) is 5.11 Å². The summed E-state index contributed by atoms with van der Waals surface area (Å²) in [7, 11) is 0. The predicted molar refractivity (Wildman–Crippen MR) is 50.1 cm³/mol. The second-order valence-electron chi connectivity index (χ2n) is 2.91. The quantitative estimate of drug-likeness (QED) is 0.609. The van der Waals surface area contributed by atoms with E-state index < -0.39 is 0 Å². The zero-order chi connectivity index (χ0) is 10.7. The molecule has 0 radical (unpaired) electrons. The van der Waals surface area contributed by atoms with Crippen molar-refractivity contribution < 1.29 is 14.7 Å². The highest BCUT2D eigenvalue weighted by atomic mass is 16.3. The van der Waals surface area contributed by atoms with Gasteiger partial charge in [-0.05, 0) is 41.5 Å². The first-order chi connectivity index (χ1) is 5.20. The van der Waals surface area contributed by atoms with Gasteiger partial charge in [-0.2, -0.15) is 0 Å². The van der Waals surface area contributed by atoms with E-state index >= 15 is 0 Å². The molecule has 0 aromatic rings. The monoisotopic (exact) mass is 176 g/mol. The largest absolute Gasteiger partial charge is 0.394 e. The molecule has 3 heteroatoms. The Morgan fingerprint density at radius 1 is 0.917 bits per heavy atom. The van der Waals surface area contributed by atoms with E-state index in [9.17, 15) is 9.59 Å². The summed E-state index contributed by atoms with van der Waals surface area (Å²) in [6.45, 7) is 9.56. The van der Waals surface area contributed by atoms with Crippen molar-refractivity contribution in [2.75, 3.05) is 0 Å². The molecule has 0 aliphatic carbocycles. The van der Waals surface area contributed by atoms with Crippen LogP contribution in [0.15, 0.2) is 0 Å². The molecule has 0 spiro atoms. The predicted octanol–water partition coefficient (Wildman–Crippen LogP) is 1.58. The van der Waals surface area contributed by atoms with Gasteiger partial charge < -0.3 is 14.7 Å². The van der Waals surface area contributed by atoms with E-state index in [1.807, 2.05) is 0 Å². The van der Waals surface area contributed by atoms with Crippen LogP contribution in [0.2, 0.25) is 0 Å². The van der Waals surface area contributed by atoms with Crippen molar-refractivity contribution in [2.45, 2.75) is 47.6 Å². The van der Waals surface area contributed by atoms with Gasteiger partial charge in [-0.1, -0.05) is 0 Å². The highest BCUT2D eigenvalue weighted by molar-refractivity contribution is 5.72. The van der Waals surface area contributed by atoms with Gasteiger partial charge in [-0.3, -0.25) is 0 Å². The molecular formula is C9H20O3. The molecule has 0 saturated carbocycles. The summed E-state index contributed by atoms with van der Waals surface area (Å²) < 4.78 is 0. The third-order valence-corrected chi connectivity index (χ3v) is 0. The third kappa shape index (κ3) is 1310. The molecule has 12 heavy (non-hydrogen) atoms. The van der Waals surface area contributed by atoms with Crippen molar-refractivity contribution >= 4 is 11.6 Å². The number of rotatable bonds is 0. The van der Waals surface area contributed by atoms with Crippen LogP contribution in [0.4, 0.5) is 0 Å². The van der Waals surface area contributed by atoms with E-state index in [1.54, 1.807) is 13.8 Å². The number of carbonyl (C=O) groups excluding carboxylic acids is 2. The Labute approximate surface area is 74.8 Å². The van der Waals surface area contributed by atoms with E-state index in [-0.39, 0.29) is 17.7 Å². The molecule has 0 bridgehead atoms. The summed E-state index contributed by atoms with van der Waals surface area (Å²) in [6, 6.07) is 0. The van der Waals surface area contributed by atoms with Gasteiger partial charge in [0, 0.05) is 6.10 Å². The highest BCUT2D eigenvalue weighted by Gasteiger charge is 1.69. The minimum Gasteiger partial charge on any atom is -0.394 e. The number of hydrogen-bond donors (Lipinski definition) is 1. The molecule has 0 amide bonds. The first-order valence-corrected chi connectivity index (χ1v) is 3.82. The average molecular weight is 176 g/mol. The summed E-state index contributed by atoms with van der Waals surface area (Å²) in [5.41, 5.74) is 0. The van der Waals surface area contributed by atoms with E-state index in [0.29, 0.717) is 0 Å². The number of aliphatic hydroxyl groups is 1. The Kier molecular flexibility index (Phi) is 18.8. The van der Waals surface area contributed by atoms with Gasteiger partial charge in [0.1, 0.15) is 11.6 Å². The summed E-state index contributed by atoms with van der Waals surface area (Å²) in [5, 5.41) is 8.06. The lowest BCUT2D eigenvalue weighted by molar-refractivity contribution is -0.115. The molecule has 3 nitrogen and oxygen atoms in total. The van der Waals surface area contributed by atoms with Gasteiger partial charge >= 0.3 is 0 Å². The lowest BCUT2D eigenvalue weighted by Gasteiger charge is -1.80. The van der Waals surface area contributed by atoms with Crippen LogP contribution in [0.3, 0.4) is 0 Å². The molecule has 0 aromatic carbocycles. The summed E-state index contributed by atoms with van der Waals surface area (Å²) in [5.74, 6) is 0.333. The van der Waals surface area contributed by atoms with E-state index in [2.05, 4.69) is 0 Å². The molecule has 0 atom stereocenters. The molecule has 0 aliphatic rings. The van der Waals surface area contributed by atoms with Crippen LogP contribution < -0.4 is 0 Å². The fraction of sp³-hybridized carbons (Fsp3) is 0.778. The first kappa shape index (κ1) is 17.4. The van der Waals surface area contributed by atoms with Gasteiger partial charge in [0.15, 0.2) is 0 Å². The van der Waals surface area contributed by atoms with Gasteiger partial charge in [-0.15, -0.1) is 0 Å². The molecule has 0 aromatic heterocycles. The Morgan fingerprint density at radius 3 is 0.917 bits per heavy atom. The molecule has 0 fully saturated rings. The second kappa shape index (κ2) is 12.9. The van der Waals surface area contributed by atoms with Crippen LogP contribution in [0, 0.1) is 0 Å². The van der Waals surface area contributed by atoms with Crippen molar-refractivity contribution in [1.82, 2.24) is 0 Å². The van der Waals surface area contributed by atoms with Crippen LogP contribution >= 0.6 is 0 Å². The van der Waals surface area contributed by atoms with Crippen LogP contribution in [0.1, 0.15) is 41.5 Å². The van der Waals surface area contributed by atoms with E-state index in [1.165, 1.54) is 27.7 Å². The van der Waals surface area contributed by atoms with Crippen molar-refractivity contribution in [3.05, 3.63) is 0 Å². The average Bonchev–Trinajstić information content (AvgIpc) is 1.54. The SMILES string of the molecule is CC(C)=O.CC(C)=O.CC(C)O. The summed E-state index contributed by atoms with van der Waals surface area (Å²) in [6.07, 6.45) is -0.167. The maximum Gasteiger partial charge on any atom is 0.126 e. The highest BCUT2D eigenvalue weighted by Crippen LogP contribution is 1.65. The topological polar surface area (TPSA) is 54.4 Å². The number of Topliss-reactive ketones (excluding diaryl/α,β-unsaturated/α-hetero) is 2. The number of aliphatic hydroxyl groups excluding tert-OH is 1. The Hall–Kier alpha value is -0.700. The van der Waals surface area contributed by atoms with E-state index in [0.717, 1.165) is 0 Å². The lowest BCUT2D eigenvalue weighted by atomic mass is 10.5. The Bertz CT molecular complexity index is 94.2. The molecule has 0 aliphatic heterocycles. The van der Waals surface area contributed by atoms with Crippen LogP contribution in [-0.2, 0) is 9.59 Å². The fourth-order valence-corrected chi connectivity index (χ4v) is 0. The smallest absolute Gasteiger partial charge is 0.126 e. The van der Waals surface area contributed by atoms with Crippen LogP contribution in [0.25, 0.3) is 0 Å².